The van der Waals surface area contributed by atoms with Crippen LogP contribution in [0.2, 0.25) is 5.02 Å². The van der Waals surface area contributed by atoms with E-state index in [2.05, 4.69) is 31.8 Å². The lowest BCUT2D eigenvalue weighted by Crippen LogP contribution is -2.57. The van der Waals surface area contributed by atoms with Crippen LogP contribution >= 0.6 is 11.6 Å². The molecule has 15 heteroatoms. The van der Waals surface area contributed by atoms with Crippen LogP contribution in [-0.2, 0) is 4.79 Å². The highest BCUT2D eigenvalue weighted by Gasteiger charge is 2.31. The Morgan fingerprint density at radius 3 is 2.72 bits per heavy atom. The minimum absolute atomic E-state index is 0.0952. The van der Waals surface area contributed by atoms with Crippen LogP contribution in [0.5, 0.6) is 5.75 Å². The topological polar surface area (TPSA) is 150 Å². The van der Waals surface area contributed by atoms with Gasteiger partial charge in [0.25, 0.3) is 0 Å². The number of nitrogens with two attached hydrogens (primary N) is 1. The van der Waals surface area contributed by atoms with Crippen LogP contribution in [0.15, 0.2) is 18.3 Å². The van der Waals surface area contributed by atoms with Gasteiger partial charge in [-0.3, -0.25) is 9.69 Å². The van der Waals surface area contributed by atoms with Gasteiger partial charge in [-0.25, -0.2) is 0 Å². The smallest absolute Gasteiger partial charge is 0.387 e. The van der Waals surface area contributed by atoms with Gasteiger partial charge in [-0.15, -0.1) is 0 Å². The number of amides is 1. The molecule has 4 N–H and O–H groups in total. The van der Waals surface area contributed by atoms with Crippen LogP contribution in [0, 0.1) is 11.3 Å². The maximum absolute atomic E-state index is 13.2. The number of hydrogen-bond donors (Lipinski definition) is 3. The van der Waals surface area contributed by atoms with E-state index in [1.54, 1.807) is 6.92 Å². The molecule has 2 atom stereocenters. The fraction of sp³-hybridized carbons (Fsp3) is 0.458. The molecule has 39 heavy (non-hydrogen) atoms. The van der Waals surface area contributed by atoms with Crippen molar-refractivity contribution >= 4 is 46.4 Å². The van der Waals surface area contributed by atoms with Crippen molar-refractivity contribution in [3.8, 4) is 11.8 Å². The van der Waals surface area contributed by atoms with Crippen molar-refractivity contribution in [1.29, 1.82) is 5.26 Å². The van der Waals surface area contributed by atoms with E-state index in [0.717, 1.165) is 12.8 Å². The number of anilines is 4. The highest BCUT2D eigenvalue weighted by atomic mass is 35.5. The minimum Gasteiger partial charge on any atom is -0.435 e. The number of hydrogen-bond acceptors (Lipinski definition) is 10. The summed E-state index contributed by atoms with van der Waals surface area (Å²) in [5, 5.41) is 20.2. The second-order valence-corrected chi connectivity index (χ2v) is 10.00. The third-order valence-electron chi connectivity index (χ3n) is 6.83. The summed E-state index contributed by atoms with van der Waals surface area (Å²) in [4.78, 5) is 24.5. The van der Waals surface area contributed by atoms with E-state index in [4.69, 9.17) is 22.1 Å². The van der Waals surface area contributed by atoms with Gasteiger partial charge in [0.1, 0.15) is 17.4 Å². The molecule has 12 nitrogen and oxygen atoms in total. The number of nitriles is 1. The molecule has 2 aromatic heterocycles. The Balaban J connectivity index is 1.50. The highest BCUT2D eigenvalue weighted by Crippen LogP contribution is 2.40. The number of aromatic nitrogens is 4. The standard InChI is InChI=1S/C24H27ClF2N10O2/c1-12-11-35(13(2)20(29)38)5-6-36(12)18-8-16(39-22(26)27)7-17(19(18)25)32-23-33-21-14(9-28)10-30-37(21)24(34-23)31-15-3-4-15/h7-8,10,12-13,15,22H,3-6,11H2,1-2H3,(H2,29,38)(H2,31,32,33,34)/t12-,13-/m0/s1. The van der Waals surface area contributed by atoms with Crippen LogP contribution in [0.25, 0.3) is 5.65 Å². The maximum atomic E-state index is 13.2. The predicted octanol–water partition coefficient (Wildman–Crippen LogP) is 2.95. The molecule has 0 spiro atoms. The molecule has 206 valence electrons. The van der Waals surface area contributed by atoms with E-state index in [9.17, 15) is 18.8 Å². The predicted molar refractivity (Wildman–Crippen MR) is 141 cm³/mol. The Bertz CT molecular complexity index is 1440. The van der Waals surface area contributed by atoms with Crippen molar-refractivity contribution in [1.82, 2.24) is 24.5 Å². The molecule has 2 aliphatic rings. The van der Waals surface area contributed by atoms with Gasteiger partial charge in [-0.05, 0) is 26.7 Å². The van der Waals surface area contributed by atoms with Crippen LogP contribution in [0.4, 0.5) is 32.1 Å². The van der Waals surface area contributed by atoms with Crippen LogP contribution < -0.4 is 26.0 Å². The Morgan fingerprint density at radius 1 is 1.31 bits per heavy atom. The number of nitrogens with zero attached hydrogens (tertiary/aromatic N) is 7. The lowest BCUT2D eigenvalue weighted by Gasteiger charge is -2.43. The average Bonchev–Trinajstić information content (AvgIpc) is 3.61. The van der Waals surface area contributed by atoms with Gasteiger partial charge < -0.3 is 26.0 Å². The first-order chi connectivity index (χ1) is 18.6. The highest BCUT2D eigenvalue weighted by molar-refractivity contribution is 6.36. The molecule has 1 saturated heterocycles. The van der Waals surface area contributed by atoms with E-state index < -0.39 is 18.6 Å². The van der Waals surface area contributed by atoms with Crippen molar-refractivity contribution in [3.05, 3.63) is 28.9 Å². The molecule has 0 bridgehead atoms. The third-order valence-corrected chi connectivity index (χ3v) is 7.22. The van der Waals surface area contributed by atoms with Gasteiger partial charge in [0.2, 0.25) is 17.8 Å². The van der Waals surface area contributed by atoms with Crippen LogP contribution in [0.1, 0.15) is 32.3 Å². The Kier molecular flexibility index (Phi) is 7.28. The van der Waals surface area contributed by atoms with Crippen molar-refractivity contribution in [2.45, 2.75) is 51.4 Å². The van der Waals surface area contributed by atoms with E-state index in [-0.39, 0.29) is 45.7 Å². The fourth-order valence-corrected chi connectivity index (χ4v) is 4.83. The summed E-state index contributed by atoms with van der Waals surface area (Å²) in [6, 6.07) is 4.53. The number of halogens is 3. The van der Waals surface area contributed by atoms with Crippen molar-refractivity contribution in [2.75, 3.05) is 35.2 Å². The number of alkyl halides is 2. The van der Waals surface area contributed by atoms with E-state index in [1.165, 1.54) is 22.8 Å². The SMILES string of the molecule is C[C@@H](C(N)=O)N1CCN(c2cc(OC(F)F)cc(Nc3nc(NC4CC4)n4ncc(C#N)c4n3)c2Cl)[C@@H](C)C1. The van der Waals surface area contributed by atoms with Crippen molar-refractivity contribution < 1.29 is 18.3 Å². The van der Waals surface area contributed by atoms with Gasteiger partial charge in [0, 0.05) is 43.9 Å². The van der Waals surface area contributed by atoms with E-state index in [1.807, 2.05) is 16.7 Å². The quantitative estimate of drug-likeness (QED) is 0.356. The molecule has 1 saturated carbocycles. The molecule has 1 amide bonds. The van der Waals surface area contributed by atoms with Crippen LogP contribution in [-0.4, -0.2) is 74.8 Å². The average molecular weight is 561 g/mol. The number of ether oxygens (including phenoxy) is 1. The first-order valence-corrected chi connectivity index (χ1v) is 12.8. The van der Waals surface area contributed by atoms with Crippen LogP contribution in [0.3, 0.4) is 0 Å². The summed E-state index contributed by atoms with van der Waals surface area (Å²) >= 11 is 6.83. The van der Waals surface area contributed by atoms with Gasteiger partial charge in [0.05, 0.1) is 28.6 Å². The summed E-state index contributed by atoms with van der Waals surface area (Å²) in [7, 11) is 0. The summed E-state index contributed by atoms with van der Waals surface area (Å²) < 4.78 is 32.7. The Morgan fingerprint density at radius 2 is 2.08 bits per heavy atom. The zero-order chi connectivity index (χ0) is 27.8. The molecule has 1 aliphatic carbocycles. The fourth-order valence-electron chi connectivity index (χ4n) is 4.57. The van der Waals surface area contributed by atoms with Gasteiger partial charge in [-0.1, -0.05) is 11.6 Å². The summed E-state index contributed by atoms with van der Waals surface area (Å²) in [6.45, 7) is 2.14. The molecular formula is C24H27ClF2N10O2. The third kappa shape index (κ3) is 5.59. The number of carbonyl (C=O) groups excluding carboxylic acids is 1. The molecule has 3 aromatic rings. The molecule has 1 aromatic carbocycles. The molecule has 0 unspecified atom stereocenters. The normalized spacial score (nSPS) is 18.7. The number of nitrogens with one attached hydrogen (secondary N) is 2. The maximum Gasteiger partial charge on any atom is 0.387 e. The second-order valence-electron chi connectivity index (χ2n) is 9.62. The second kappa shape index (κ2) is 10.7. The monoisotopic (exact) mass is 560 g/mol. The number of rotatable bonds is 9. The number of benzene rings is 1. The Labute approximate surface area is 227 Å². The van der Waals surface area contributed by atoms with Crippen molar-refractivity contribution in [3.63, 3.8) is 0 Å². The zero-order valence-corrected chi connectivity index (χ0v) is 22.0. The molecule has 1 aliphatic heterocycles. The van der Waals surface area contributed by atoms with Gasteiger partial charge in [-0.2, -0.15) is 33.6 Å². The largest absolute Gasteiger partial charge is 0.435 e. The summed E-state index contributed by atoms with van der Waals surface area (Å²) in [5.41, 5.74) is 6.71. The first-order valence-electron chi connectivity index (χ1n) is 12.4. The first kappa shape index (κ1) is 26.6. The van der Waals surface area contributed by atoms with E-state index in [0.29, 0.717) is 31.3 Å². The molecule has 0 radical (unpaired) electrons. The number of carbonyl (C=O) groups is 1. The Hall–Kier alpha value is -3.96. The summed E-state index contributed by atoms with van der Waals surface area (Å²) in [5.74, 6) is -0.0433. The molecule has 5 rings (SSSR count). The lowest BCUT2D eigenvalue weighted by molar-refractivity contribution is -0.122. The summed E-state index contributed by atoms with van der Waals surface area (Å²) in [6.07, 6.45) is 3.35. The van der Waals surface area contributed by atoms with E-state index >= 15 is 0 Å². The molecular weight excluding hydrogens is 534 g/mol. The van der Waals surface area contributed by atoms with Gasteiger partial charge in [0.15, 0.2) is 5.65 Å². The minimum atomic E-state index is -3.05. The number of fused-ring (bicyclic) bond motifs is 1. The lowest BCUT2D eigenvalue weighted by atomic mass is 10.1. The van der Waals surface area contributed by atoms with Gasteiger partial charge >= 0.3 is 6.61 Å². The molecule has 2 fully saturated rings. The van der Waals surface area contributed by atoms with Crippen molar-refractivity contribution in [2.24, 2.45) is 5.73 Å². The number of piperazine rings is 1. The molecule has 3 heterocycles. The number of primary amides is 1. The zero-order valence-electron chi connectivity index (χ0n) is 21.2.